The molecule has 1 saturated heterocycles. The number of H-pyrrole nitrogens is 1. The van der Waals surface area contributed by atoms with E-state index in [1.165, 1.54) is 5.56 Å². The number of aromatic amines is 1. The lowest BCUT2D eigenvalue weighted by atomic mass is 10.1. The molecule has 0 saturated carbocycles. The van der Waals surface area contributed by atoms with Crippen LogP contribution in [0, 0.1) is 0 Å². The minimum Gasteiger partial charge on any atom is -0.497 e. The van der Waals surface area contributed by atoms with Crippen LogP contribution in [0.15, 0.2) is 90.1 Å². The van der Waals surface area contributed by atoms with E-state index < -0.39 is 10.0 Å². The van der Waals surface area contributed by atoms with Gasteiger partial charge in [0.15, 0.2) is 5.65 Å². The number of piperazine rings is 1. The zero-order valence-corrected chi connectivity index (χ0v) is 24.4. The van der Waals surface area contributed by atoms with Crippen molar-refractivity contribution < 1.29 is 13.2 Å². The molecule has 5 aromatic rings. The second kappa shape index (κ2) is 12.4. The van der Waals surface area contributed by atoms with E-state index in [1.54, 1.807) is 35.9 Å². The minimum absolute atomic E-state index is 0.311. The average Bonchev–Trinajstić information content (AvgIpc) is 3.46. The van der Waals surface area contributed by atoms with Gasteiger partial charge in [0.25, 0.3) is 0 Å². The van der Waals surface area contributed by atoms with Gasteiger partial charge in [-0.15, -0.1) is 0 Å². The summed E-state index contributed by atoms with van der Waals surface area (Å²) in [5, 5.41) is 0. The molecule has 3 aromatic heterocycles. The van der Waals surface area contributed by atoms with Crippen molar-refractivity contribution in [1.29, 1.82) is 0 Å². The smallest absolute Gasteiger partial charge is 0.243 e. The van der Waals surface area contributed by atoms with Crippen molar-refractivity contribution in [3.8, 4) is 16.9 Å². The first-order chi connectivity index (χ1) is 20.5. The van der Waals surface area contributed by atoms with Crippen LogP contribution in [0.2, 0.25) is 0 Å². The molecule has 2 aromatic carbocycles. The summed E-state index contributed by atoms with van der Waals surface area (Å²) in [6, 6.07) is 23.2. The van der Waals surface area contributed by atoms with Gasteiger partial charge in [-0.3, -0.25) is 4.98 Å². The number of methoxy groups -OCH3 is 1. The van der Waals surface area contributed by atoms with Crippen LogP contribution in [0.5, 0.6) is 5.75 Å². The molecule has 1 fully saturated rings. The maximum Gasteiger partial charge on any atom is 0.243 e. The monoisotopic (exact) mass is 582 g/mol. The van der Waals surface area contributed by atoms with E-state index in [2.05, 4.69) is 44.1 Å². The van der Waals surface area contributed by atoms with Crippen LogP contribution < -0.4 is 4.74 Å². The molecule has 0 aliphatic carbocycles. The van der Waals surface area contributed by atoms with Crippen LogP contribution in [-0.4, -0.2) is 77.4 Å². The SMILES string of the molecule is COc1ccnc(CCc2nc3cc(-c4ccc(S(=O)(=O)N5CCN(CCc6ccccc6)CC5)cc4)cnc3[nH]2)c1. The number of imidazole rings is 1. The fourth-order valence-electron chi connectivity index (χ4n) is 5.28. The van der Waals surface area contributed by atoms with Crippen molar-refractivity contribution in [3.63, 3.8) is 0 Å². The summed E-state index contributed by atoms with van der Waals surface area (Å²) < 4.78 is 33.6. The summed E-state index contributed by atoms with van der Waals surface area (Å²) in [4.78, 5) is 19.6. The Labute approximate surface area is 246 Å². The van der Waals surface area contributed by atoms with Crippen molar-refractivity contribution in [3.05, 3.63) is 102 Å². The number of ether oxygens (including phenoxy) is 1. The first-order valence-corrected chi connectivity index (χ1v) is 15.6. The van der Waals surface area contributed by atoms with Gasteiger partial charge in [-0.1, -0.05) is 42.5 Å². The van der Waals surface area contributed by atoms with Crippen molar-refractivity contribution in [2.24, 2.45) is 0 Å². The van der Waals surface area contributed by atoms with Gasteiger partial charge in [0.2, 0.25) is 10.0 Å². The molecule has 6 rings (SSSR count). The van der Waals surface area contributed by atoms with E-state index in [9.17, 15) is 8.42 Å². The summed E-state index contributed by atoms with van der Waals surface area (Å²) in [6.45, 7) is 3.39. The lowest BCUT2D eigenvalue weighted by Crippen LogP contribution is -2.48. The van der Waals surface area contributed by atoms with Crippen LogP contribution in [0.4, 0.5) is 0 Å². The summed E-state index contributed by atoms with van der Waals surface area (Å²) in [5.41, 5.74) is 5.49. The predicted octanol–water partition coefficient (Wildman–Crippen LogP) is 4.36. The number of sulfonamides is 1. The van der Waals surface area contributed by atoms with Crippen LogP contribution in [-0.2, 0) is 29.3 Å². The van der Waals surface area contributed by atoms with Gasteiger partial charge in [-0.25, -0.2) is 18.4 Å². The van der Waals surface area contributed by atoms with E-state index in [0.29, 0.717) is 24.4 Å². The van der Waals surface area contributed by atoms with Gasteiger partial charge in [0.05, 0.1) is 12.0 Å². The summed E-state index contributed by atoms with van der Waals surface area (Å²) in [7, 11) is -1.91. The standard InChI is InChI=1S/C32H34N6O3S/c1-41-28-13-15-33-27(22-28)9-12-31-35-30-21-26(23-34-32(30)36-31)25-7-10-29(11-8-25)42(39,40)38-19-17-37(18-20-38)16-14-24-5-3-2-4-6-24/h2-8,10-11,13,15,21-23H,9,12,14,16-20H2,1H3,(H,34,35,36). The lowest BCUT2D eigenvalue weighted by Gasteiger charge is -2.34. The molecule has 1 aliphatic rings. The van der Waals surface area contributed by atoms with Crippen molar-refractivity contribution in [1.82, 2.24) is 29.1 Å². The zero-order valence-electron chi connectivity index (χ0n) is 23.6. The normalized spacial score (nSPS) is 14.8. The Morgan fingerprint density at radius 2 is 1.64 bits per heavy atom. The number of aryl methyl sites for hydroxylation is 2. The Kier molecular flexibility index (Phi) is 8.27. The summed E-state index contributed by atoms with van der Waals surface area (Å²) >= 11 is 0. The molecule has 0 amide bonds. The summed E-state index contributed by atoms with van der Waals surface area (Å²) in [6.07, 6.45) is 5.91. The fraction of sp³-hybridized carbons (Fsp3) is 0.281. The predicted molar refractivity (Wildman–Crippen MR) is 163 cm³/mol. The number of aromatic nitrogens is 4. The van der Waals surface area contributed by atoms with Gasteiger partial charge >= 0.3 is 0 Å². The number of nitrogens with one attached hydrogen (secondary N) is 1. The molecule has 10 heteroatoms. The topological polar surface area (TPSA) is 104 Å². The Hall–Kier alpha value is -4.12. The molecule has 0 atom stereocenters. The van der Waals surface area contributed by atoms with E-state index in [-0.39, 0.29) is 0 Å². The highest BCUT2D eigenvalue weighted by atomic mass is 32.2. The van der Waals surface area contributed by atoms with Gasteiger partial charge in [0.1, 0.15) is 17.1 Å². The molecule has 0 unspecified atom stereocenters. The van der Waals surface area contributed by atoms with Crippen LogP contribution in [0.1, 0.15) is 17.1 Å². The third kappa shape index (κ3) is 6.35. The van der Waals surface area contributed by atoms with Crippen LogP contribution in [0.3, 0.4) is 0 Å². The van der Waals surface area contributed by atoms with Crippen LogP contribution >= 0.6 is 0 Å². The lowest BCUT2D eigenvalue weighted by molar-refractivity contribution is 0.190. The molecule has 4 heterocycles. The van der Waals surface area contributed by atoms with Crippen molar-refractivity contribution >= 4 is 21.2 Å². The first kappa shape index (κ1) is 28.0. The number of hydrogen-bond acceptors (Lipinski definition) is 7. The Morgan fingerprint density at radius 1 is 0.857 bits per heavy atom. The Morgan fingerprint density at radius 3 is 2.40 bits per heavy atom. The minimum atomic E-state index is -3.56. The van der Waals surface area contributed by atoms with E-state index in [4.69, 9.17) is 9.72 Å². The third-order valence-electron chi connectivity index (χ3n) is 7.74. The van der Waals surface area contributed by atoms with Crippen molar-refractivity contribution in [2.45, 2.75) is 24.2 Å². The highest BCUT2D eigenvalue weighted by molar-refractivity contribution is 7.89. The van der Waals surface area contributed by atoms with Crippen molar-refractivity contribution in [2.75, 3.05) is 39.8 Å². The maximum absolute atomic E-state index is 13.4. The van der Waals surface area contributed by atoms with E-state index >= 15 is 0 Å². The molecule has 9 nitrogen and oxygen atoms in total. The van der Waals surface area contributed by atoms with Gasteiger partial charge < -0.3 is 14.6 Å². The number of rotatable bonds is 10. The molecule has 216 valence electrons. The Bertz CT molecular complexity index is 1750. The molecule has 1 N–H and O–H groups in total. The molecule has 0 radical (unpaired) electrons. The van der Waals surface area contributed by atoms with Gasteiger partial charge in [-0.2, -0.15) is 4.31 Å². The highest BCUT2D eigenvalue weighted by Crippen LogP contribution is 2.25. The Balaban J connectivity index is 1.07. The number of fused-ring (bicyclic) bond motifs is 1. The van der Waals surface area contributed by atoms with Gasteiger partial charge in [-0.05, 0) is 48.2 Å². The molecular weight excluding hydrogens is 548 g/mol. The van der Waals surface area contributed by atoms with Gasteiger partial charge in [0, 0.05) is 68.9 Å². The molecule has 42 heavy (non-hydrogen) atoms. The van der Waals surface area contributed by atoms with Crippen LogP contribution in [0.25, 0.3) is 22.3 Å². The highest BCUT2D eigenvalue weighted by Gasteiger charge is 2.28. The second-order valence-corrected chi connectivity index (χ2v) is 12.4. The summed E-state index contributed by atoms with van der Waals surface area (Å²) in [5.74, 6) is 1.62. The quantitative estimate of drug-likeness (QED) is 0.261. The number of hydrogen-bond donors (Lipinski definition) is 1. The molecule has 1 aliphatic heterocycles. The largest absolute Gasteiger partial charge is 0.497 e. The maximum atomic E-state index is 13.4. The molecule has 0 spiro atoms. The molecule has 0 bridgehead atoms. The third-order valence-corrected chi connectivity index (χ3v) is 9.66. The average molecular weight is 583 g/mol. The van der Waals surface area contributed by atoms with E-state index in [1.807, 2.05) is 36.4 Å². The number of pyridine rings is 2. The second-order valence-electron chi connectivity index (χ2n) is 10.5. The number of nitrogens with zero attached hydrogens (tertiary/aromatic N) is 5. The zero-order chi connectivity index (χ0) is 28.9. The molecular formula is C32H34N6O3S. The fourth-order valence-corrected chi connectivity index (χ4v) is 6.70. The van der Waals surface area contributed by atoms with E-state index in [0.717, 1.165) is 72.0 Å². The first-order valence-electron chi connectivity index (χ1n) is 14.2. The number of benzene rings is 2.